The first-order chi connectivity index (χ1) is 9.16. The lowest BCUT2D eigenvalue weighted by Gasteiger charge is -2.29. The predicted molar refractivity (Wildman–Crippen MR) is 71.4 cm³/mol. The molecule has 1 saturated heterocycles. The number of ether oxygens (including phenoxy) is 1. The van der Waals surface area contributed by atoms with E-state index in [4.69, 9.17) is 4.74 Å². The zero-order valence-electron chi connectivity index (χ0n) is 11.0. The molecule has 2 atom stereocenters. The zero-order valence-corrected chi connectivity index (χ0v) is 11.0. The fraction of sp³-hybridized carbons (Fsp3) is 0.500. The van der Waals surface area contributed by atoms with Gasteiger partial charge in [-0.05, 0) is 31.0 Å². The number of nitrogens with one attached hydrogen (secondary N) is 2. The van der Waals surface area contributed by atoms with Gasteiger partial charge in [0.15, 0.2) is 0 Å². The highest BCUT2D eigenvalue weighted by Crippen LogP contribution is 2.15. The number of carbonyl (C=O) groups is 1. The molecule has 0 bridgehead atoms. The number of hydrogen-bond acceptors (Lipinski definition) is 3. The van der Waals surface area contributed by atoms with Crippen LogP contribution in [-0.4, -0.2) is 31.7 Å². The highest BCUT2D eigenvalue weighted by atomic mass is 19.1. The highest BCUT2D eigenvalue weighted by molar-refractivity contribution is 5.91. The maximum Gasteiger partial charge on any atom is 0.250 e. The Labute approximate surface area is 112 Å². The van der Waals surface area contributed by atoms with Gasteiger partial charge < -0.3 is 15.4 Å². The van der Waals surface area contributed by atoms with Gasteiger partial charge in [0.1, 0.15) is 12.4 Å². The van der Waals surface area contributed by atoms with Crippen molar-refractivity contribution >= 4 is 11.6 Å². The Bertz CT molecular complexity index is 439. The van der Waals surface area contributed by atoms with Gasteiger partial charge in [-0.2, -0.15) is 0 Å². The van der Waals surface area contributed by atoms with Crippen LogP contribution >= 0.6 is 0 Å². The van der Waals surface area contributed by atoms with Crippen LogP contribution in [0.5, 0.6) is 0 Å². The van der Waals surface area contributed by atoms with Gasteiger partial charge >= 0.3 is 0 Å². The summed E-state index contributed by atoms with van der Waals surface area (Å²) >= 11 is 0. The number of para-hydroxylation sites is 1. The monoisotopic (exact) mass is 266 g/mol. The lowest BCUT2D eigenvalue weighted by molar-refractivity contribution is -0.124. The van der Waals surface area contributed by atoms with E-state index in [0.717, 1.165) is 19.5 Å². The second-order valence-corrected chi connectivity index (χ2v) is 4.85. The summed E-state index contributed by atoms with van der Waals surface area (Å²) in [6, 6.07) is 6.09. The number of piperidine rings is 1. The lowest BCUT2D eigenvalue weighted by Crippen LogP contribution is -2.42. The summed E-state index contributed by atoms with van der Waals surface area (Å²) in [6.07, 6.45) is 1.08. The molecule has 1 aromatic carbocycles. The molecule has 0 spiro atoms. The molecule has 19 heavy (non-hydrogen) atoms. The smallest absolute Gasteiger partial charge is 0.250 e. The second-order valence-electron chi connectivity index (χ2n) is 4.85. The Hall–Kier alpha value is -1.46. The molecule has 0 radical (unpaired) electrons. The van der Waals surface area contributed by atoms with E-state index in [-0.39, 0.29) is 24.3 Å². The molecule has 1 fully saturated rings. The van der Waals surface area contributed by atoms with E-state index in [1.54, 1.807) is 12.1 Å². The third kappa shape index (κ3) is 4.01. The van der Waals surface area contributed by atoms with Crippen LogP contribution in [0.2, 0.25) is 0 Å². The van der Waals surface area contributed by atoms with Crippen molar-refractivity contribution in [3.05, 3.63) is 30.1 Å². The minimum Gasteiger partial charge on any atom is -0.367 e. The fourth-order valence-corrected chi connectivity index (χ4v) is 2.12. The molecule has 0 saturated carbocycles. The second kappa shape index (κ2) is 6.63. The summed E-state index contributed by atoms with van der Waals surface area (Å²) in [6.45, 7) is 3.81. The number of carbonyl (C=O) groups excluding carboxylic acids is 1. The summed E-state index contributed by atoms with van der Waals surface area (Å²) in [5, 5.41) is 5.74. The van der Waals surface area contributed by atoms with Crippen molar-refractivity contribution < 1.29 is 13.9 Å². The van der Waals surface area contributed by atoms with Gasteiger partial charge in [-0.15, -0.1) is 0 Å². The Kier molecular flexibility index (Phi) is 4.87. The van der Waals surface area contributed by atoms with E-state index in [1.807, 2.05) is 0 Å². The maximum absolute atomic E-state index is 13.3. The molecular weight excluding hydrogens is 247 g/mol. The number of amides is 1. The number of anilines is 1. The van der Waals surface area contributed by atoms with Gasteiger partial charge in [0.2, 0.25) is 5.91 Å². The maximum atomic E-state index is 13.3. The van der Waals surface area contributed by atoms with Gasteiger partial charge in [-0.3, -0.25) is 4.79 Å². The molecule has 2 unspecified atom stereocenters. The first-order valence-corrected chi connectivity index (χ1v) is 6.53. The molecule has 4 nitrogen and oxygen atoms in total. The van der Waals surface area contributed by atoms with Gasteiger partial charge in [-0.25, -0.2) is 4.39 Å². The Morgan fingerprint density at radius 2 is 2.32 bits per heavy atom. The summed E-state index contributed by atoms with van der Waals surface area (Å²) in [5.74, 6) is -0.339. The number of benzene rings is 1. The highest BCUT2D eigenvalue weighted by Gasteiger charge is 2.22. The standard InChI is InChI=1S/C14H19FN2O2/c1-10-6-7-16-8-13(10)19-9-14(18)17-12-5-3-2-4-11(12)15/h2-5,10,13,16H,6-9H2,1H3,(H,17,18). The summed E-state index contributed by atoms with van der Waals surface area (Å²) < 4.78 is 18.9. The van der Waals surface area contributed by atoms with Gasteiger partial charge in [0.25, 0.3) is 0 Å². The molecule has 2 N–H and O–H groups in total. The number of halogens is 1. The van der Waals surface area contributed by atoms with E-state index >= 15 is 0 Å². The molecule has 104 valence electrons. The van der Waals surface area contributed by atoms with Crippen molar-refractivity contribution in [1.29, 1.82) is 0 Å². The minimum atomic E-state index is -0.441. The molecular formula is C14H19FN2O2. The Morgan fingerprint density at radius 3 is 3.05 bits per heavy atom. The Morgan fingerprint density at radius 1 is 1.53 bits per heavy atom. The molecule has 1 heterocycles. The van der Waals surface area contributed by atoms with Gasteiger partial charge in [-0.1, -0.05) is 19.1 Å². The largest absolute Gasteiger partial charge is 0.367 e. The van der Waals surface area contributed by atoms with Crippen LogP contribution in [0.3, 0.4) is 0 Å². The molecule has 1 amide bonds. The lowest BCUT2D eigenvalue weighted by atomic mass is 9.97. The summed E-state index contributed by atoms with van der Waals surface area (Å²) in [4.78, 5) is 11.7. The average molecular weight is 266 g/mol. The van der Waals surface area contributed by atoms with Crippen molar-refractivity contribution in [2.24, 2.45) is 5.92 Å². The quantitative estimate of drug-likeness (QED) is 0.873. The van der Waals surface area contributed by atoms with E-state index in [9.17, 15) is 9.18 Å². The van der Waals surface area contributed by atoms with Crippen molar-refractivity contribution in [3.8, 4) is 0 Å². The van der Waals surface area contributed by atoms with Crippen LogP contribution in [-0.2, 0) is 9.53 Å². The van der Waals surface area contributed by atoms with Crippen LogP contribution in [0.15, 0.2) is 24.3 Å². The number of rotatable bonds is 4. The zero-order chi connectivity index (χ0) is 13.7. The molecule has 1 aliphatic rings. The first kappa shape index (κ1) is 14.0. The third-order valence-corrected chi connectivity index (χ3v) is 3.33. The molecule has 0 aliphatic carbocycles. The van der Waals surface area contributed by atoms with Crippen LogP contribution in [0.1, 0.15) is 13.3 Å². The van der Waals surface area contributed by atoms with Crippen molar-refractivity contribution in [3.63, 3.8) is 0 Å². The predicted octanol–water partition coefficient (Wildman–Crippen LogP) is 1.78. The van der Waals surface area contributed by atoms with Gasteiger partial charge in [0, 0.05) is 6.54 Å². The normalized spacial score (nSPS) is 23.1. The van der Waals surface area contributed by atoms with Crippen LogP contribution in [0.25, 0.3) is 0 Å². The van der Waals surface area contributed by atoms with E-state index in [0.29, 0.717) is 5.92 Å². The van der Waals surface area contributed by atoms with Crippen LogP contribution in [0.4, 0.5) is 10.1 Å². The summed E-state index contributed by atoms with van der Waals surface area (Å²) in [7, 11) is 0. The average Bonchev–Trinajstić information content (AvgIpc) is 2.40. The van der Waals surface area contributed by atoms with Crippen molar-refractivity contribution in [2.75, 3.05) is 25.0 Å². The minimum absolute atomic E-state index is 0.0418. The topological polar surface area (TPSA) is 50.4 Å². The first-order valence-electron chi connectivity index (χ1n) is 6.53. The molecule has 0 aromatic heterocycles. The van der Waals surface area contributed by atoms with Crippen molar-refractivity contribution in [1.82, 2.24) is 5.32 Å². The molecule has 1 aromatic rings. The van der Waals surface area contributed by atoms with E-state index < -0.39 is 5.82 Å². The van der Waals surface area contributed by atoms with E-state index in [2.05, 4.69) is 17.6 Å². The molecule has 2 rings (SSSR count). The fourth-order valence-electron chi connectivity index (χ4n) is 2.12. The Balaban J connectivity index is 1.80. The molecule has 5 heteroatoms. The molecule has 1 aliphatic heterocycles. The SMILES string of the molecule is CC1CCNCC1OCC(=O)Nc1ccccc1F. The third-order valence-electron chi connectivity index (χ3n) is 3.33. The van der Waals surface area contributed by atoms with E-state index in [1.165, 1.54) is 12.1 Å². The number of hydrogen-bond donors (Lipinski definition) is 2. The van der Waals surface area contributed by atoms with Crippen LogP contribution < -0.4 is 10.6 Å². The summed E-state index contributed by atoms with van der Waals surface area (Å²) in [5.41, 5.74) is 0.186. The van der Waals surface area contributed by atoms with Crippen molar-refractivity contribution in [2.45, 2.75) is 19.4 Å². The van der Waals surface area contributed by atoms with Gasteiger partial charge in [0.05, 0.1) is 11.8 Å². The van der Waals surface area contributed by atoms with Crippen LogP contribution in [0, 0.1) is 11.7 Å².